The summed E-state index contributed by atoms with van der Waals surface area (Å²) in [4.78, 5) is 10.5. The molecule has 1 aromatic rings. The van der Waals surface area contributed by atoms with Crippen LogP contribution < -0.4 is 5.32 Å². The number of nitrogens with one attached hydrogen (secondary N) is 1. The van der Waals surface area contributed by atoms with Crippen LogP contribution in [0.25, 0.3) is 0 Å². The van der Waals surface area contributed by atoms with Gasteiger partial charge < -0.3 is 10.1 Å². The molecular formula is C11H13NO. The van der Waals surface area contributed by atoms with E-state index in [1.165, 1.54) is 5.56 Å². The van der Waals surface area contributed by atoms with E-state index in [0.29, 0.717) is 6.04 Å². The SMILES string of the molecule is O=C[C@@H]1CC[C@H](c2ccccc2)N1. The zero-order valence-electron chi connectivity index (χ0n) is 7.44. The number of hydrogen-bond donors (Lipinski definition) is 1. The molecule has 13 heavy (non-hydrogen) atoms. The number of carbonyl (C=O) groups excluding carboxylic acids is 1. The molecule has 68 valence electrons. The zero-order chi connectivity index (χ0) is 9.10. The van der Waals surface area contributed by atoms with Gasteiger partial charge in [0, 0.05) is 6.04 Å². The van der Waals surface area contributed by atoms with Crippen molar-refractivity contribution >= 4 is 6.29 Å². The largest absolute Gasteiger partial charge is 0.302 e. The molecule has 1 aliphatic heterocycles. The van der Waals surface area contributed by atoms with Crippen LogP contribution in [0.5, 0.6) is 0 Å². The van der Waals surface area contributed by atoms with Crippen molar-refractivity contribution in [2.75, 3.05) is 0 Å². The predicted molar refractivity (Wildman–Crippen MR) is 51.4 cm³/mol. The number of benzene rings is 1. The van der Waals surface area contributed by atoms with Crippen molar-refractivity contribution in [1.82, 2.24) is 5.32 Å². The Morgan fingerprint density at radius 2 is 2.00 bits per heavy atom. The summed E-state index contributed by atoms with van der Waals surface area (Å²) in [5.74, 6) is 0. The molecule has 0 spiro atoms. The minimum absolute atomic E-state index is 0.0604. The maximum absolute atomic E-state index is 10.5. The number of aldehydes is 1. The molecule has 1 heterocycles. The summed E-state index contributed by atoms with van der Waals surface area (Å²) in [6.45, 7) is 0. The van der Waals surface area contributed by atoms with E-state index < -0.39 is 0 Å². The maximum atomic E-state index is 10.5. The highest BCUT2D eigenvalue weighted by Gasteiger charge is 2.23. The summed E-state index contributed by atoms with van der Waals surface area (Å²) in [6.07, 6.45) is 3.03. The highest BCUT2D eigenvalue weighted by molar-refractivity contribution is 5.58. The van der Waals surface area contributed by atoms with Gasteiger partial charge >= 0.3 is 0 Å². The monoisotopic (exact) mass is 175 g/mol. The van der Waals surface area contributed by atoms with Gasteiger partial charge in [0.25, 0.3) is 0 Å². The van der Waals surface area contributed by atoms with E-state index in [1.807, 2.05) is 18.2 Å². The van der Waals surface area contributed by atoms with Crippen molar-refractivity contribution in [2.24, 2.45) is 0 Å². The first kappa shape index (κ1) is 8.45. The summed E-state index contributed by atoms with van der Waals surface area (Å²) >= 11 is 0. The molecule has 1 aliphatic rings. The third-order valence-corrected chi connectivity index (χ3v) is 2.55. The van der Waals surface area contributed by atoms with Gasteiger partial charge in [0.2, 0.25) is 0 Å². The van der Waals surface area contributed by atoms with Crippen LogP contribution in [-0.2, 0) is 4.79 Å². The van der Waals surface area contributed by atoms with E-state index in [4.69, 9.17) is 0 Å². The van der Waals surface area contributed by atoms with Gasteiger partial charge in [0.1, 0.15) is 6.29 Å². The normalized spacial score (nSPS) is 27.4. The van der Waals surface area contributed by atoms with Gasteiger partial charge in [0.15, 0.2) is 0 Å². The molecule has 2 heteroatoms. The van der Waals surface area contributed by atoms with Gasteiger partial charge in [-0.3, -0.25) is 0 Å². The van der Waals surface area contributed by atoms with Crippen molar-refractivity contribution < 1.29 is 4.79 Å². The van der Waals surface area contributed by atoms with E-state index in [0.717, 1.165) is 19.1 Å². The fourth-order valence-electron chi connectivity index (χ4n) is 1.83. The molecule has 1 aromatic carbocycles. The molecule has 0 unspecified atom stereocenters. The van der Waals surface area contributed by atoms with Gasteiger partial charge in [-0.1, -0.05) is 30.3 Å². The highest BCUT2D eigenvalue weighted by atomic mass is 16.1. The van der Waals surface area contributed by atoms with Crippen LogP contribution in [0.1, 0.15) is 24.4 Å². The number of rotatable bonds is 2. The molecule has 0 saturated carbocycles. The summed E-state index contributed by atoms with van der Waals surface area (Å²) in [5.41, 5.74) is 1.28. The van der Waals surface area contributed by atoms with E-state index >= 15 is 0 Å². The van der Waals surface area contributed by atoms with E-state index in [-0.39, 0.29) is 6.04 Å². The smallest absolute Gasteiger partial charge is 0.136 e. The summed E-state index contributed by atoms with van der Waals surface area (Å²) < 4.78 is 0. The Kier molecular flexibility index (Phi) is 2.41. The van der Waals surface area contributed by atoms with Gasteiger partial charge in [0.05, 0.1) is 6.04 Å². The van der Waals surface area contributed by atoms with Gasteiger partial charge in [-0.25, -0.2) is 0 Å². The van der Waals surface area contributed by atoms with Crippen LogP contribution in [-0.4, -0.2) is 12.3 Å². The number of hydrogen-bond acceptors (Lipinski definition) is 2. The van der Waals surface area contributed by atoms with E-state index in [1.54, 1.807) is 0 Å². The number of carbonyl (C=O) groups is 1. The molecule has 2 nitrogen and oxygen atoms in total. The van der Waals surface area contributed by atoms with Gasteiger partial charge in [-0.15, -0.1) is 0 Å². The lowest BCUT2D eigenvalue weighted by molar-refractivity contribution is -0.109. The molecule has 1 N–H and O–H groups in total. The van der Waals surface area contributed by atoms with Crippen molar-refractivity contribution in [1.29, 1.82) is 0 Å². The highest BCUT2D eigenvalue weighted by Crippen LogP contribution is 2.25. The minimum atomic E-state index is 0.0604. The molecule has 2 atom stereocenters. The van der Waals surface area contributed by atoms with Gasteiger partial charge in [-0.2, -0.15) is 0 Å². The van der Waals surface area contributed by atoms with E-state index in [2.05, 4.69) is 17.4 Å². The fraction of sp³-hybridized carbons (Fsp3) is 0.364. The van der Waals surface area contributed by atoms with Gasteiger partial charge in [-0.05, 0) is 18.4 Å². The molecule has 0 amide bonds. The second kappa shape index (κ2) is 3.71. The first-order valence-corrected chi connectivity index (χ1v) is 4.66. The van der Waals surface area contributed by atoms with E-state index in [9.17, 15) is 4.79 Å². The molecule has 0 aromatic heterocycles. The average Bonchev–Trinajstić information content (AvgIpc) is 2.67. The Labute approximate surface area is 78.0 Å². The zero-order valence-corrected chi connectivity index (χ0v) is 7.44. The third-order valence-electron chi connectivity index (χ3n) is 2.55. The van der Waals surface area contributed by atoms with Crippen LogP contribution in [0.4, 0.5) is 0 Å². The third kappa shape index (κ3) is 1.78. The molecule has 0 radical (unpaired) electrons. The minimum Gasteiger partial charge on any atom is -0.302 e. The first-order chi connectivity index (χ1) is 6.40. The molecule has 1 saturated heterocycles. The summed E-state index contributed by atoms with van der Waals surface area (Å²) in [6, 6.07) is 10.7. The van der Waals surface area contributed by atoms with Crippen LogP contribution in [0.2, 0.25) is 0 Å². The predicted octanol–water partition coefficient (Wildman–Crippen LogP) is 1.68. The molecular weight excluding hydrogens is 162 g/mol. The molecule has 1 fully saturated rings. The fourth-order valence-corrected chi connectivity index (χ4v) is 1.83. The lowest BCUT2D eigenvalue weighted by Crippen LogP contribution is -2.25. The van der Waals surface area contributed by atoms with Crippen molar-refractivity contribution in [3.63, 3.8) is 0 Å². The Morgan fingerprint density at radius 1 is 1.23 bits per heavy atom. The average molecular weight is 175 g/mol. The van der Waals surface area contributed by atoms with Crippen LogP contribution in [0, 0.1) is 0 Å². The van der Waals surface area contributed by atoms with Crippen molar-refractivity contribution in [3.05, 3.63) is 35.9 Å². The lowest BCUT2D eigenvalue weighted by Gasteiger charge is -2.10. The Hall–Kier alpha value is -1.15. The standard InChI is InChI=1S/C11H13NO/c13-8-10-6-7-11(12-10)9-4-2-1-3-5-9/h1-5,8,10-12H,6-7H2/t10-,11+/m0/s1. The lowest BCUT2D eigenvalue weighted by atomic mass is 10.1. The molecule has 0 bridgehead atoms. The summed E-state index contributed by atoms with van der Waals surface area (Å²) in [5, 5.41) is 3.29. The Balaban J connectivity index is 2.08. The topological polar surface area (TPSA) is 29.1 Å². The first-order valence-electron chi connectivity index (χ1n) is 4.66. The van der Waals surface area contributed by atoms with Crippen LogP contribution in [0.3, 0.4) is 0 Å². The summed E-state index contributed by atoms with van der Waals surface area (Å²) in [7, 11) is 0. The quantitative estimate of drug-likeness (QED) is 0.693. The van der Waals surface area contributed by atoms with Crippen LogP contribution in [0.15, 0.2) is 30.3 Å². The maximum Gasteiger partial charge on any atom is 0.136 e. The Bertz CT molecular complexity index is 283. The Morgan fingerprint density at radius 3 is 2.62 bits per heavy atom. The molecule has 0 aliphatic carbocycles. The van der Waals surface area contributed by atoms with Crippen molar-refractivity contribution in [2.45, 2.75) is 24.9 Å². The second-order valence-electron chi connectivity index (χ2n) is 3.45. The molecule has 2 rings (SSSR count). The van der Waals surface area contributed by atoms with Crippen molar-refractivity contribution in [3.8, 4) is 0 Å². The second-order valence-corrected chi connectivity index (χ2v) is 3.45. The van der Waals surface area contributed by atoms with Crippen LogP contribution >= 0.6 is 0 Å².